The third-order valence-electron chi connectivity index (χ3n) is 5.34. The van der Waals surface area contributed by atoms with Crippen LogP contribution in [0.15, 0.2) is 60.8 Å². The molecule has 0 bridgehead atoms. The largest absolute Gasteiger partial charge is 0.399 e. The first-order valence-electron chi connectivity index (χ1n) is 9.91. The molecular formula is C25H24ClF3N2. The molecule has 2 nitrogen and oxygen atoms in total. The van der Waals surface area contributed by atoms with E-state index in [1.54, 1.807) is 36.5 Å². The second-order valence-corrected chi connectivity index (χ2v) is 7.98. The van der Waals surface area contributed by atoms with Gasteiger partial charge < -0.3 is 5.32 Å². The molecule has 31 heavy (non-hydrogen) atoms. The van der Waals surface area contributed by atoms with E-state index in [0.717, 1.165) is 28.1 Å². The number of halogens is 4. The molecule has 0 aliphatic carbocycles. The van der Waals surface area contributed by atoms with Crippen LogP contribution in [0.1, 0.15) is 39.3 Å². The first-order valence-corrected chi connectivity index (χ1v) is 10.3. The standard InChI is InChI=1S/C25H24ClF3N2/c1-16-12-21(13-17(2)18(16)3)22(25(27,28)29)10-8-19-7-9-20(23(26)14-19)15-31-24-6-4-5-11-30-24/h4-14,22H,15H2,1-3H3,(H,30,31)/b10-8+. The lowest BCUT2D eigenvalue weighted by atomic mass is 9.91. The average molecular weight is 445 g/mol. The van der Waals surface area contributed by atoms with Crippen LogP contribution in [0.5, 0.6) is 0 Å². The molecular weight excluding hydrogens is 421 g/mol. The number of rotatable bonds is 6. The topological polar surface area (TPSA) is 24.9 Å². The molecule has 0 saturated heterocycles. The van der Waals surface area contributed by atoms with Gasteiger partial charge in [0.25, 0.3) is 0 Å². The predicted octanol–water partition coefficient (Wildman–Crippen LogP) is 7.63. The number of allylic oxidation sites excluding steroid dienone is 1. The van der Waals surface area contributed by atoms with Crippen LogP contribution in [0.3, 0.4) is 0 Å². The van der Waals surface area contributed by atoms with Gasteiger partial charge in [-0.1, -0.05) is 54.1 Å². The van der Waals surface area contributed by atoms with Crippen LogP contribution in [-0.2, 0) is 6.54 Å². The van der Waals surface area contributed by atoms with E-state index in [2.05, 4.69) is 10.3 Å². The molecule has 0 saturated carbocycles. The average Bonchev–Trinajstić information content (AvgIpc) is 2.71. The minimum atomic E-state index is -4.39. The van der Waals surface area contributed by atoms with Gasteiger partial charge >= 0.3 is 6.18 Å². The molecule has 162 valence electrons. The molecule has 1 heterocycles. The highest BCUT2D eigenvalue weighted by Crippen LogP contribution is 2.38. The summed E-state index contributed by atoms with van der Waals surface area (Å²) in [5.74, 6) is -0.964. The number of nitrogens with one attached hydrogen (secondary N) is 1. The summed E-state index contributed by atoms with van der Waals surface area (Å²) >= 11 is 6.36. The number of hydrogen-bond acceptors (Lipinski definition) is 2. The number of aryl methyl sites for hydroxylation is 2. The molecule has 0 fully saturated rings. The van der Waals surface area contributed by atoms with Crippen molar-refractivity contribution in [2.24, 2.45) is 0 Å². The Labute approximate surface area is 185 Å². The molecule has 0 radical (unpaired) electrons. The number of nitrogens with zero attached hydrogens (tertiary/aromatic N) is 1. The summed E-state index contributed by atoms with van der Waals surface area (Å²) in [6.07, 6.45) is -0.0293. The highest BCUT2D eigenvalue weighted by molar-refractivity contribution is 6.31. The van der Waals surface area contributed by atoms with Crippen LogP contribution in [-0.4, -0.2) is 11.2 Å². The summed E-state index contributed by atoms with van der Waals surface area (Å²) in [4.78, 5) is 4.19. The monoisotopic (exact) mass is 444 g/mol. The van der Waals surface area contributed by atoms with Crippen LogP contribution < -0.4 is 5.32 Å². The minimum Gasteiger partial charge on any atom is -0.366 e. The van der Waals surface area contributed by atoms with E-state index in [1.807, 2.05) is 39.0 Å². The van der Waals surface area contributed by atoms with E-state index in [0.29, 0.717) is 17.1 Å². The Morgan fingerprint density at radius 3 is 2.32 bits per heavy atom. The first kappa shape index (κ1) is 22.9. The fourth-order valence-corrected chi connectivity index (χ4v) is 3.58. The minimum absolute atomic E-state index is 0.242. The number of alkyl halides is 3. The third kappa shape index (κ3) is 5.88. The molecule has 1 N–H and O–H groups in total. The van der Waals surface area contributed by atoms with Crippen molar-refractivity contribution in [2.75, 3.05) is 5.32 Å². The molecule has 1 atom stereocenters. The lowest BCUT2D eigenvalue weighted by molar-refractivity contribution is -0.139. The Morgan fingerprint density at radius 1 is 1.03 bits per heavy atom. The number of anilines is 1. The van der Waals surface area contributed by atoms with Crippen molar-refractivity contribution in [3.05, 3.63) is 99.2 Å². The molecule has 3 aromatic rings. The van der Waals surface area contributed by atoms with Crippen molar-refractivity contribution in [3.63, 3.8) is 0 Å². The Kier molecular flexibility index (Phi) is 7.06. The molecule has 6 heteroatoms. The second-order valence-electron chi connectivity index (χ2n) is 7.58. The van der Waals surface area contributed by atoms with Gasteiger partial charge in [0.2, 0.25) is 0 Å². The van der Waals surface area contributed by atoms with Crippen molar-refractivity contribution < 1.29 is 13.2 Å². The van der Waals surface area contributed by atoms with Crippen LogP contribution in [0.25, 0.3) is 6.08 Å². The Hall–Kier alpha value is -2.79. The third-order valence-corrected chi connectivity index (χ3v) is 5.70. The van der Waals surface area contributed by atoms with Gasteiger partial charge in [-0.15, -0.1) is 0 Å². The normalized spacial score (nSPS) is 12.9. The highest BCUT2D eigenvalue weighted by Gasteiger charge is 2.39. The van der Waals surface area contributed by atoms with E-state index >= 15 is 0 Å². The SMILES string of the molecule is Cc1cc(C(/C=C/c2ccc(CNc3ccccn3)c(Cl)c2)C(F)(F)F)cc(C)c1C. The smallest absolute Gasteiger partial charge is 0.366 e. The maximum Gasteiger partial charge on any atom is 0.399 e. The summed E-state index contributed by atoms with van der Waals surface area (Å²) in [6, 6.07) is 14.0. The summed E-state index contributed by atoms with van der Waals surface area (Å²) in [5, 5.41) is 3.65. The molecule has 0 aliphatic rings. The van der Waals surface area contributed by atoms with Crippen molar-refractivity contribution >= 4 is 23.5 Å². The first-order chi connectivity index (χ1) is 14.6. The van der Waals surface area contributed by atoms with Gasteiger partial charge in [-0.05, 0) is 72.4 Å². The Bertz CT molecular complexity index is 1050. The van der Waals surface area contributed by atoms with Crippen LogP contribution >= 0.6 is 11.6 Å². The second kappa shape index (κ2) is 9.56. The zero-order valence-corrected chi connectivity index (χ0v) is 18.4. The number of aromatic nitrogens is 1. The zero-order chi connectivity index (χ0) is 22.6. The lowest BCUT2D eigenvalue weighted by Gasteiger charge is -2.19. The molecule has 1 aromatic heterocycles. The molecule has 1 unspecified atom stereocenters. The van der Waals surface area contributed by atoms with E-state index < -0.39 is 12.1 Å². The van der Waals surface area contributed by atoms with Gasteiger partial charge in [-0.3, -0.25) is 0 Å². The number of pyridine rings is 1. The lowest BCUT2D eigenvalue weighted by Crippen LogP contribution is -2.19. The van der Waals surface area contributed by atoms with Crippen molar-refractivity contribution in [1.29, 1.82) is 0 Å². The van der Waals surface area contributed by atoms with Crippen molar-refractivity contribution in [2.45, 2.75) is 39.4 Å². The van der Waals surface area contributed by atoms with E-state index in [9.17, 15) is 13.2 Å². The fraction of sp³-hybridized carbons (Fsp3) is 0.240. The molecule has 0 spiro atoms. The number of benzene rings is 2. The van der Waals surface area contributed by atoms with E-state index in [-0.39, 0.29) is 5.56 Å². The van der Waals surface area contributed by atoms with Crippen LogP contribution in [0.2, 0.25) is 5.02 Å². The summed E-state index contributed by atoms with van der Waals surface area (Å²) in [5.41, 5.74) is 4.40. The van der Waals surface area contributed by atoms with Gasteiger partial charge in [0.15, 0.2) is 0 Å². The molecule has 3 rings (SSSR count). The van der Waals surface area contributed by atoms with E-state index in [4.69, 9.17) is 11.6 Å². The van der Waals surface area contributed by atoms with Crippen LogP contribution in [0, 0.1) is 20.8 Å². The van der Waals surface area contributed by atoms with Gasteiger partial charge in [-0.25, -0.2) is 4.98 Å². The van der Waals surface area contributed by atoms with Gasteiger partial charge in [0.1, 0.15) is 5.82 Å². The summed E-state index contributed by atoms with van der Waals surface area (Å²) < 4.78 is 41.4. The molecule has 2 aromatic carbocycles. The van der Waals surface area contributed by atoms with Gasteiger partial charge in [0.05, 0.1) is 5.92 Å². The van der Waals surface area contributed by atoms with E-state index in [1.165, 1.54) is 12.2 Å². The van der Waals surface area contributed by atoms with Crippen molar-refractivity contribution in [1.82, 2.24) is 4.98 Å². The maximum absolute atomic E-state index is 13.8. The molecule has 0 amide bonds. The summed E-state index contributed by atoms with van der Waals surface area (Å²) in [6.45, 7) is 6.05. The zero-order valence-electron chi connectivity index (χ0n) is 17.6. The maximum atomic E-state index is 13.8. The van der Waals surface area contributed by atoms with Gasteiger partial charge in [-0.2, -0.15) is 13.2 Å². The quantitative estimate of drug-likeness (QED) is 0.422. The van der Waals surface area contributed by atoms with Crippen LogP contribution in [0.4, 0.5) is 19.0 Å². The van der Waals surface area contributed by atoms with Crippen molar-refractivity contribution in [3.8, 4) is 0 Å². The predicted molar refractivity (Wildman–Crippen MR) is 121 cm³/mol. The molecule has 0 aliphatic heterocycles. The highest BCUT2D eigenvalue weighted by atomic mass is 35.5. The fourth-order valence-electron chi connectivity index (χ4n) is 3.33. The van der Waals surface area contributed by atoms with Gasteiger partial charge in [0, 0.05) is 17.8 Å². The summed E-state index contributed by atoms with van der Waals surface area (Å²) in [7, 11) is 0. The number of hydrogen-bond donors (Lipinski definition) is 1. The Morgan fingerprint density at radius 2 is 1.74 bits per heavy atom. The Balaban J connectivity index is 1.80.